The predicted octanol–water partition coefficient (Wildman–Crippen LogP) is 2.07. The van der Waals surface area contributed by atoms with E-state index in [0.717, 1.165) is 17.7 Å². The molecular formula is C16H21IN4O3S2. The summed E-state index contributed by atoms with van der Waals surface area (Å²) in [4.78, 5) is 4.19. The van der Waals surface area contributed by atoms with Gasteiger partial charge in [-0.2, -0.15) is 0 Å². The van der Waals surface area contributed by atoms with Gasteiger partial charge in [0.05, 0.1) is 19.2 Å². The fraction of sp³-hybridized carbons (Fsp3) is 0.312. The fourth-order valence-electron chi connectivity index (χ4n) is 2.56. The summed E-state index contributed by atoms with van der Waals surface area (Å²) in [5.74, 6) is 1.14. The van der Waals surface area contributed by atoms with Crippen LogP contribution in [-0.2, 0) is 10.0 Å². The molecule has 0 fully saturated rings. The Bertz CT molecular complexity index is 841. The molecule has 10 heteroatoms. The summed E-state index contributed by atoms with van der Waals surface area (Å²) in [5, 5.41) is 4.90. The van der Waals surface area contributed by atoms with Crippen LogP contribution in [0.25, 0.3) is 0 Å². The van der Waals surface area contributed by atoms with Crippen molar-refractivity contribution in [2.75, 3.05) is 19.7 Å². The van der Waals surface area contributed by atoms with Crippen molar-refractivity contribution in [3.05, 3.63) is 47.3 Å². The van der Waals surface area contributed by atoms with Crippen LogP contribution in [0.3, 0.4) is 0 Å². The van der Waals surface area contributed by atoms with Gasteiger partial charge in [-0.1, -0.05) is 24.3 Å². The molecule has 7 nitrogen and oxygen atoms in total. The van der Waals surface area contributed by atoms with Gasteiger partial charge in [0, 0.05) is 18.5 Å². The van der Waals surface area contributed by atoms with Crippen LogP contribution in [0.2, 0.25) is 0 Å². The number of guanidine groups is 1. The number of thiophene rings is 1. The molecule has 1 unspecified atom stereocenters. The van der Waals surface area contributed by atoms with Crippen LogP contribution >= 0.6 is 35.3 Å². The van der Waals surface area contributed by atoms with Gasteiger partial charge in [0.15, 0.2) is 5.96 Å². The van der Waals surface area contributed by atoms with E-state index in [-0.39, 0.29) is 49.1 Å². The molecule has 1 aromatic carbocycles. The lowest BCUT2D eigenvalue weighted by atomic mass is 10.0. The van der Waals surface area contributed by atoms with E-state index in [0.29, 0.717) is 10.8 Å². The molecule has 0 aliphatic carbocycles. The van der Waals surface area contributed by atoms with Gasteiger partial charge in [-0.25, -0.2) is 13.1 Å². The van der Waals surface area contributed by atoms with Crippen molar-refractivity contribution in [1.82, 2.24) is 10.0 Å². The first kappa shape index (κ1) is 20.9. The lowest BCUT2D eigenvalue weighted by Gasteiger charge is -2.26. The molecule has 1 aromatic heterocycles. The van der Waals surface area contributed by atoms with E-state index >= 15 is 0 Å². The molecule has 0 saturated carbocycles. The molecule has 2 heterocycles. The Hall–Kier alpha value is -1.37. The summed E-state index contributed by atoms with van der Waals surface area (Å²) in [6.07, 6.45) is 0.790. The van der Waals surface area contributed by atoms with Crippen LogP contribution < -0.4 is 20.5 Å². The van der Waals surface area contributed by atoms with E-state index in [1.54, 1.807) is 17.5 Å². The Labute approximate surface area is 174 Å². The van der Waals surface area contributed by atoms with E-state index in [1.165, 1.54) is 11.3 Å². The van der Waals surface area contributed by atoms with E-state index in [9.17, 15) is 8.42 Å². The van der Waals surface area contributed by atoms with Crippen molar-refractivity contribution in [3.63, 3.8) is 0 Å². The molecule has 1 aliphatic rings. The maximum absolute atomic E-state index is 12.0. The maximum Gasteiger partial charge on any atom is 0.250 e. The SMILES string of the molecule is I.NC(=NCCNS(=O)(=O)c1cccs1)NC1CCOc2ccccc21. The van der Waals surface area contributed by atoms with E-state index < -0.39 is 10.0 Å². The normalized spacial score (nSPS) is 16.9. The van der Waals surface area contributed by atoms with Crippen molar-refractivity contribution >= 4 is 51.3 Å². The topological polar surface area (TPSA) is 106 Å². The van der Waals surface area contributed by atoms with Crippen molar-refractivity contribution < 1.29 is 13.2 Å². The molecule has 26 heavy (non-hydrogen) atoms. The van der Waals surface area contributed by atoms with E-state index in [4.69, 9.17) is 10.5 Å². The van der Waals surface area contributed by atoms with Crippen molar-refractivity contribution in [3.8, 4) is 5.75 Å². The number of benzene rings is 1. The van der Waals surface area contributed by atoms with Gasteiger partial charge in [0.25, 0.3) is 0 Å². The minimum absolute atomic E-state index is 0. The van der Waals surface area contributed by atoms with Crippen LogP contribution in [0.5, 0.6) is 5.75 Å². The summed E-state index contributed by atoms with van der Waals surface area (Å²) < 4.78 is 32.4. The summed E-state index contributed by atoms with van der Waals surface area (Å²) in [6.45, 7) is 1.06. The van der Waals surface area contributed by atoms with Crippen molar-refractivity contribution in [2.24, 2.45) is 10.7 Å². The lowest BCUT2D eigenvalue weighted by Crippen LogP contribution is -2.38. The molecule has 0 saturated heterocycles. The third-order valence-electron chi connectivity index (χ3n) is 3.73. The minimum atomic E-state index is -3.46. The number of hydrogen-bond acceptors (Lipinski definition) is 5. The highest BCUT2D eigenvalue weighted by atomic mass is 127. The summed E-state index contributed by atoms with van der Waals surface area (Å²) in [7, 11) is -3.46. The predicted molar refractivity (Wildman–Crippen MR) is 114 cm³/mol. The van der Waals surface area contributed by atoms with Crippen LogP contribution in [0.4, 0.5) is 0 Å². The zero-order chi connectivity index (χ0) is 17.7. The highest BCUT2D eigenvalue weighted by molar-refractivity contribution is 14.0. The third kappa shape index (κ3) is 5.32. The number of rotatable bonds is 6. The molecule has 3 rings (SSSR count). The Morgan fingerprint density at radius 2 is 2.12 bits per heavy atom. The quantitative estimate of drug-likeness (QED) is 0.240. The van der Waals surface area contributed by atoms with Crippen LogP contribution in [-0.4, -0.2) is 34.1 Å². The van der Waals surface area contributed by atoms with Crippen molar-refractivity contribution in [2.45, 2.75) is 16.7 Å². The Kier molecular flexibility index (Phi) is 7.68. The molecule has 1 atom stereocenters. The van der Waals surface area contributed by atoms with Crippen LogP contribution in [0.15, 0.2) is 51.0 Å². The first-order valence-electron chi connectivity index (χ1n) is 7.87. The van der Waals surface area contributed by atoms with Crippen LogP contribution in [0, 0.1) is 0 Å². The summed E-state index contributed by atoms with van der Waals surface area (Å²) in [5.41, 5.74) is 6.98. The second-order valence-electron chi connectivity index (χ2n) is 5.47. The molecular weight excluding hydrogens is 487 g/mol. The first-order chi connectivity index (χ1) is 12.1. The van der Waals surface area contributed by atoms with Gasteiger partial charge in [-0.15, -0.1) is 35.3 Å². The molecule has 4 N–H and O–H groups in total. The van der Waals surface area contributed by atoms with Gasteiger partial charge < -0.3 is 15.8 Å². The Morgan fingerprint density at radius 1 is 1.31 bits per heavy atom. The summed E-state index contributed by atoms with van der Waals surface area (Å²) in [6, 6.07) is 11.1. The monoisotopic (exact) mass is 508 g/mol. The first-order valence-corrected chi connectivity index (χ1v) is 10.2. The van der Waals surface area contributed by atoms with Gasteiger partial charge in [-0.3, -0.25) is 4.99 Å². The number of nitrogens with two attached hydrogens (primary N) is 1. The highest BCUT2D eigenvalue weighted by Gasteiger charge is 2.21. The molecule has 0 spiro atoms. The number of ether oxygens (including phenoxy) is 1. The second-order valence-corrected chi connectivity index (χ2v) is 8.41. The van der Waals surface area contributed by atoms with E-state index in [2.05, 4.69) is 15.0 Å². The number of nitrogens with zero attached hydrogens (tertiary/aromatic N) is 1. The molecule has 2 aromatic rings. The number of aliphatic imine (C=N–C) groups is 1. The maximum atomic E-state index is 12.0. The average molecular weight is 508 g/mol. The second kappa shape index (κ2) is 9.53. The smallest absolute Gasteiger partial charge is 0.250 e. The minimum Gasteiger partial charge on any atom is -0.493 e. The number of para-hydroxylation sites is 1. The van der Waals surface area contributed by atoms with Crippen molar-refractivity contribution in [1.29, 1.82) is 0 Å². The standard InChI is InChI=1S/C16H20N4O3S2.HI/c17-16(18-8-9-19-25(21,22)15-6-3-11-24-15)20-13-7-10-23-14-5-2-1-4-12(13)14;/h1-6,11,13,19H,7-10H2,(H3,17,18,20);1H. The van der Waals surface area contributed by atoms with Gasteiger partial charge in [0.1, 0.15) is 9.96 Å². The van der Waals surface area contributed by atoms with Gasteiger partial charge in [-0.05, 0) is 17.5 Å². The molecule has 142 valence electrons. The highest BCUT2D eigenvalue weighted by Crippen LogP contribution is 2.31. The third-order valence-corrected chi connectivity index (χ3v) is 6.59. The number of hydrogen-bond donors (Lipinski definition) is 3. The number of sulfonamides is 1. The number of halogens is 1. The zero-order valence-corrected chi connectivity index (χ0v) is 17.9. The molecule has 0 amide bonds. The zero-order valence-electron chi connectivity index (χ0n) is 13.9. The Morgan fingerprint density at radius 3 is 2.88 bits per heavy atom. The van der Waals surface area contributed by atoms with Gasteiger partial charge >= 0.3 is 0 Å². The fourth-order valence-corrected chi connectivity index (χ4v) is 4.62. The molecule has 0 bridgehead atoms. The number of nitrogens with one attached hydrogen (secondary N) is 2. The molecule has 1 aliphatic heterocycles. The van der Waals surface area contributed by atoms with Gasteiger partial charge in [0.2, 0.25) is 10.0 Å². The lowest BCUT2D eigenvalue weighted by molar-refractivity contribution is 0.262. The van der Waals surface area contributed by atoms with Crippen LogP contribution in [0.1, 0.15) is 18.0 Å². The summed E-state index contributed by atoms with van der Waals surface area (Å²) >= 11 is 1.18. The van der Waals surface area contributed by atoms with E-state index in [1.807, 2.05) is 24.3 Å². The number of fused-ring (bicyclic) bond motifs is 1. The largest absolute Gasteiger partial charge is 0.493 e. The molecule has 0 radical (unpaired) electrons. The average Bonchev–Trinajstić information content (AvgIpc) is 3.15. The Balaban J connectivity index is 0.00000243.